The minimum Gasteiger partial charge on any atom is -1.00 e. The van der Waals surface area contributed by atoms with E-state index in [1.165, 1.54) is 5.32 Å². The van der Waals surface area contributed by atoms with Gasteiger partial charge in [0.25, 0.3) is 0 Å². The molecule has 1 saturated heterocycles. The molecule has 1 fully saturated rings. The lowest BCUT2D eigenvalue weighted by molar-refractivity contribution is -0.662. The van der Waals surface area contributed by atoms with E-state index in [2.05, 4.69) is 4.74 Å². The van der Waals surface area contributed by atoms with Gasteiger partial charge in [0.15, 0.2) is 6.04 Å². The summed E-state index contributed by atoms with van der Waals surface area (Å²) in [6, 6.07) is -0.813. The molecule has 0 amide bonds. The molecule has 0 aliphatic carbocycles. The van der Waals surface area contributed by atoms with E-state index < -0.39 is 24.5 Å². The molecule has 0 spiro atoms. The summed E-state index contributed by atoms with van der Waals surface area (Å²) >= 11 is 0. The number of hydrogen-bond donors (Lipinski definition) is 2. The molecule has 1 rings (SSSR count). The maximum absolute atomic E-state index is 11.7. The maximum Gasteiger partial charge on any atom is 0.522 e. The van der Waals surface area contributed by atoms with Crippen molar-refractivity contribution < 1.29 is 45.5 Å². The van der Waals surface area contributed by atoms with Gasteiger partial charge in [-0.25, -0.2) is 4.79 Å². The average molecular weight is 236 g/mol. The first-order chi connectivity index (χ1) is 5.88. The second-order valence-electron chi connectivity index (χ2n) is 2.84. The van der Waals surface area contributed by atoms with Gasteiger partial charge in [-0.3, -0.25) is 4.74 Å². The van der Waals surface area contributed by atoms with Crippen molar-refractivity contribution in [1.29, 1.82) is 0 Å². The smallest absolute Gasteiger partial charge is 0.522 e. The van der Waals surface area contributed by atoms with Gasteiger partial charge >= 0.3 is 12.3 Å². The van der Waals surface area contributed by atoms with Crippen LogP contribution in [0, 0.1) is 0 Å². The zero-order chi connectivity index (χ0) is 10.1. The summed E-state index contributed by atoms with van der Waals surface area (Å²) in [6.45, 7) is 0.0382. The average Bonchev–Trinajstić information content (AvgIpc) is 2.31. The van der Waals surface area contributed by atoms with E-state index in [4.69, 9.17) is 5.11 Å². The van der Waals surface area contributed by atoms with Gasteiger partial charge in [0, 0.05) is 6.42 Å². The summed E-state index contributed by atoms with van der Waals surface area (Å²) < 4.78 is 38.6. The molecule has 0 unspecified atom stereocenters. The van der Waals surface area contributed by atoms with Crippen LogP contribution in [-0.2, 0) is 9.53 Å². The summed E-state index contributed by atoms with van der Waals surface area (Å²) in [5.41, 5.74) is 0. The van der Waals surface area contributed by atoms with Gasteiger partial charge in [0.1, 0.15) is 12.6 Å². The second-order valence-corrected chi connectivity index (χ2v) is 2.84. The van der Waals surface area contributed by atoms with Crippen molar-refractivity contribution in [3.05, 3.63) is 0 Å². The van der Waals surface area contributed by atoms with Crippen LogP contribution in [0.4, 0.5) is 13.2 Å². The first kappa shape index (κ1) is 13.5. The predicted octanol–water partition coefficient (Wildman–Crippen LogP) is -3.68. The third-order valence-electron chi connectivity index (χ3n) is 1.82. The van der Waals surface area contributed by atoms with Gasteiger partial charge in [-0.15, -0.1) is 13.2 Å². The summed E-state index contributed by atoms with van der Waals surface area (Å²) in [7, 11) is 0. The number of alkyl halides is 3. The summed E-state index contributed by atoms with van der Waals surface area (Å²) in [4.78, 5) is 10.3. The third kappa shape index (κ3) is 4.12. The van der Waals surface area contributed by atoms with Gasteiger partial charge in [-0.1, -0.05) is 0 Å². The standard InChI is InChI=1S/C6H8F3NO3.ClH/c7-6(8,9)13-3-1-4(5(11)12)10-2-3;/h3-4,10H,1-2H2,(H,11,12);1H/t3-,4+;/m1./s1. The molecule has 0 aromatic carbocycles. The number of aliphatic carboxylic acids is 1. The number of carboxylic acids is 1. The Morgan fingerprint density at radius 1 is 1.50 bits per heavy atom. The van der Waals surface area contributed by atoms with Crippen LogP contribution >= 0.6 is 0 Å². The number of ether oxygens (including phenoxy) is 1. The fourth-order valence-corrected chi connectivity index (χ4v) is 1.28. The lowest BCUT2D eigenvalue weighted by Gasteiger charge is -2.10. The van der Waals surface area contributed by atoms with Crippen molar-refractivity contribution in [3.8, 4) is 0 Å². The van der Waals surface area contributed by atoms with Crippen LogP contribution in [0.1, 0.15) is 6.42 Å². The van der Waals surface area contributed by atoms with Crippen LogP contribution in [0.15, 0.2) is 0 Å². The molecule has 0 radical (unpaired) electrons. The number of carboxylic acid groups (broad SMARTS) is 1. The molecule has 1 aliphatic rings. The Morgan fingerprint density at radius 2 is 2.07 bits per heavy atom. The van der Waals surface area contributed by atoms with Gasteiger partial charge < -0.3 is 22.8 Å². The largest absolute Gasteiger partial charge is 1.00 e. The molecule has 2 atom stereocenters. The van der Waals surface area contributed by atoms with Crippen LogP contribution < -0.4 is 17.7 Å². The van der Waals surface area contributed by atoms with E-state index in [0.717, 1.165) is 0 Å². The highest BCUT2D eigenvalue weighted by Gasteiger charge is 2.41. The first-order valence-electron chi connectivity index (χ1n) is 3.69. The van der Waals surface area contributed by atoms with Crippen LogP contribution in [0.3, 0.4) is 0 Å². The first-order valence-corrected chi connectivity index (χ1v) is 3.69. The third-order valence-corrected chi connectivity index (χ3v) is 1.82. The van der Waals surface area contributed by atoms with Gasteiger partial charge in [0.2, 0.25) is 0 Å². The molecule has 4 nitrogen and oxygen atoms in total. The van der Waals surface area contributed by atoms with E-state index in [1.54, 1.807) is 0 Å². The quantitative estimate of drug-likeness (QED) is 0.518. The fourth-order valence-electron chi connectivity index (χ4n) is 1.28. The molecule has 0 aromatic heterocycles. The highest BCUT2D eigenvalue weighted by atomic mass is 35.5. The van der Waals surface area contributed by atoms with E-state index in [9.17, 15) is 18.0 Å². The molecule has 8 heteroatoms. The Hall–Kier alpha value is -0.530. The monoisotopic (exact) mass is 235 g/mol. The molecule has 3 N–H and O–H groups in total. The number of nitrogens with two attached hydrogens (primary N) is 1. The van der Waals surface area contributed by atoms with E-state index in [1.807, 2.05) is 0 Å². The van der Waals surface area contributed by atoms with Crippen LogP contribution in [0.5, 0.6) is 0 Å². The molecule has 0 saturated carbocycles. The molecular formula is C6H9ClF3NO3. The summed E-state index contributed by atoms with van der Waals surface area (Å²) in [5, 5.41) is 9.79. The van der Waals surface area contributed by atoms with Gasteiger partial charge in [0.05, 0.1) is 0 Å². The van der Waals surface area contributed by atoms with Crippen molar-refractivity contribution in [2.75, 3.05) is 6.54 Å². The zero-order valence-corrected chi connectivity index (χ0v) is 7.68. The Morgan fingerprint density at radius 3 is 2.43 bits per heavy atom. The molecular weight excluding hydrogens is 227 g/mol. The normalized spacial score (nSPS) is 27.1. The van der Waals surface area contributed by atoms with Crippen molar-refractivity contribution in [3.63, 3.8) is 0 Å². The lowest BCUT2D eigenvalue weighted by Crippen LogP contribution is -3.00. The number of hydrogen-bond acceptors (Lipinski definition) is 2. The van der Waals surface area contributed by atoms with E-state index >= 15 is 0 Å². The molecule has 84 valence electrons. The number of halogens is 4. The molecule has 1 aliphatic heterocycles. The van der Waals surface area contributed by atoms with Crippen LogP contribution in [-0.4, -0.2) is 36.1 Å². The summed E-state index contributed by atoms with van der Waals surface area (Å²) in [6.07, 6.45) is -5.82. The fraction of sp³-hybridized carbons (Fsp3) is 0.833. The Bertz CT molecular complexity index is 211. The summed E-state index contributed by atoms with van der Waals surface area (Å²) in [5.74, 6) is -1.10. The van der Waals surface area contributed by atoms with Crippen molar-refractivity contribution >= 4 is 5.97 Å². The Labute approximate surface area is 83.8 Å². The highest BCUT2D eigenvalue weighted by Crippen LogP contribution is 2.21. The van der Waals surface area contributed by atoms with Crippen LogP contribution in [0.2, 0.25) is 0 Å². The topological polar surface area (TPSA) is 63.1 Å². The van der Waals surface area contributed by atoms with Crippen molar-refractivity contribution in [2.45, 2.75) is 24.9 Å². The van der Waals surface area contributed by atoms with Gasteiger partial charge in [-0.05, 0) is 0 Å². The molecule has 1 heterocycles. The molecule has 0 aromatic rings. The number of rotatable bonds is 2. The minimum absolute atomic E-state index is 0. The Balaban J connectivity index is 0.00000169. The SMILES string of the molecule is O=C(O)[C@@H]1C[C@@H](OC(F)(F)F)C[NH2+]1.[Cl-]. The molecule has 0 bridgehead atoms. The maximum atomic E-state index is 11.7. The lowest BCUT2D eigenvalue weighted by atomic mass is 10.2. The molecule has 14 heavy (non-hydrogen) atoms. The minimum atomic E-state index is -4.67. The van der Waals surface area contributed by atoms with Crippen molar-refractivity contribution in [2.24, 2.45) is 0 Å². The number of quaternary nitrogens is 1. The van der Waals surface area contributed by atoms with Gasteiger partial charge in [-0.2, -0.15) is 0 Å². The van der Waals surface area contributed by atoms with E-state index in [-0.39, 0.29) is 25.4 Å². The Kier molecular flexibility index (Phi) is 4.63. The zero-order valence-electron chi connectivity index (χ0n) is 6.92. The highest BCUT2D eigenvalue weighted by molar-refractivity contribution is 5.71. The van der Waals surface area contributed by atoms with Crippen molar-refractivity contribution in [1.82, 2.24) is 0 Å². The van der Waals surface area contributed by atoms with E-state index in [0.29, 0.717) is 0 Å². The second kappa shape index (κ2) is 4.81. The van der Waals surface area contributed by atoms with Crippen LogP contribution in [0.25, 0.3) is 0 Å². The predicted molar refractivity (Wildman–Crippen MR) is 33.8 cm³/mol. The number of carbonyl (C=O) groups is 1.